The summed E-state index contributed by atoms with van der Waals surface area (Å²) in [6, 6.07) is 5.99. The highest BCUT2D eigenvalue weighted by molar-refractivity contribution is 6.11. The average molecular weight is 257 g/mol. The molecule has 0 amide bonds. The summed E-state index contributed by atoms with van der Waals surface area (Å²) in [5.74, 6) is -0.653. The van der Waals surface area contributed by atoms with E-state index in [1.807, 2.05) is 25.1 Å². The van der Waals surface area contributed by atoms with Gasteiger partial charge in [-0.3, -0.25) is 9.59 Å². The Bertz CT molecular complexity index is 684. The first kappa shape index (κ1) is 12.0. The maximum Gasteiger partial charge on any atom is 0.309 e. The van der Waals surface area contributed by atoms with Crippen LogP contribution in [0.4, 0.5) is 0 Å². The van der Waals surface area contributed by atoms with Crippen LogP contribution in [-0.4, -0.2) is 23.8 Å². The van der Waals surface area contributed by atoms with Crippen LogP contribution in [-0.2, 0) is 16.0 Å². The van der Waals surface area contributed by atoms with Crippen LogP contribution in [0.15, 0.2) is 18.2 Å². The van der Waals surface area contributed by atoms with Crippen molar-refractivity contribution < 1.29 is 14.3 Å². The van der Waals surface area contributed by atoms with Crippen molar-refractivity contribution in [2.24, 2.45) is 5.92 Å². The number of Topliss-reactive ketones (excluding diaryl/α,β-unsaturated/α-hetero) is 1. The Hall–Kier alpha value is -2.10. The van der Waals surface area contributed by atoms with Crippen molar-refractivity contribution in [3.8, 4) is 0 Å². The monoisotopic (exact) mass is 257 g/mol. The number of ether oxygens (including phenoxy) is 1. The topological polar surface area (TPSA) is 59.2 Å². The van der Waals surface area contributed by atoms with Gasteiger partial charge in [-0.1, -0.05) is 12.1 Å². The number of esters is 1. The van der Waals surface area contributed by atoms with Crippen LogP contribution >= 0.6 is 0 Å². The van der Waals surface area contributed by atoms with Gasteiger partial charge >= 0.3 is 5.97 Å². The van der Waals surface area contributed by atoms with Gasteiger partial charge in [0.25, 0.3) is 0 Å². The van der Waals surface area contributed by atoms with Crippen molar-refractivity contribution >= 4 is 22.7 Å². The molecule has 1 aromatic carbocycles. The summed E-state index contributed by atoms with van der Waals surface area (Å²) in [4.78, 5) is 27.1. The molecule has 1 aromatic heterocycles. The number of aromatic nitrogens is 1. The highest BCUT2D eigenvalue weighted by atomic mass is 16.5. The van der Waals surface area contributed by atoms with Gasteiger partial charge in [0.05, 0.1) is 13.0 Å². The van der Waals surface area contributed by atoms with Crippen LogP contribution in [0.2, 0.25) is 0 Å². The number of carbonyl (C=O) groups excluding carboxylic acids is 2. The fourth-order valence-electron chi connectivity index (χ4n) is 2.82. The lowest BCUT2D eigenvalue weighted by Gasteiger charge is -2.18. The molecule has 0 saturated heterocycles. The molecule has 1 unspecified atom stereocenters. The summed E-state index contributed by atoms with van der Waals surface area (Å²) < 4.78 is 4.74. The number of aryl methyl sites for hydroxylation is 1. The third-order valence-electron chi connectivity index (χ3n) is 3.73. The van der Waals surface area contributed by atoms with E-state index >= 15 is 0 Å². The number of nitrogens with one attached hydrogen (secondary N) is 1. The molecule has 0 fully saturated rings. The molecule has 98 valence electrons. The average Bonchev–Trinajstić information content (AvgIpc) is 2.75. The number of carbonyl (C=O) groups is 2. The van der Waals surface area contributed by atoms with Gasteiger partial charge in [0.15, 0.2) is 5.78 Å². The van der Waals surface area contributed by atoms with E-state index in [1.165, 1.54) is 7.11 Å². The third-order valence-corrected chi connectivity index (χ3v) is 3.73. The summed E-state index contributed by atoms with van der Waals surface area (Å²) in [5.41, 5.74) is 3.70. The predicted molar refractivity (Wildman–Crippen MR) is 71.2 cm³/mol. The maximum atomic E-state index is 12.2. The molecule has 1 heterocycles. The predicted octanol–water partition coefficient (Wildman–Crippen LogP) is 2.39. The van der Waals surface area contributed by atoms with E-state index in [1.54, 1.807) is 0 Å². The Morgan fingerprint density at radius 1 is 1.37 bits per heavy atom. The number of methoxy groups -OCH3 is 1. The molecule has 0 spiro atoms. The molecule has 1 aliphatic carbocycles. The second-order valence-electron chi connectivity index (χ2n) is 5.08. The quantitative estimate of drug-likeness (QED) is 0.798. The van der Waals surface area contributed by atoms with Gasteiger partial charge in [0, 0.05) is 35.0 Å². The maximum absolute atomic E-state index is 12.2. The number of rotatable bonds is 1. The minimum atomic E-state index is -0.362. The van der Waals surface area contributed by atoms with Crippen LogP contribution < -0.4 is 0 Å². The summed E-state index contributed by atoms with van der Waals surface area (Å²) in [7, 11) is 1.36. The molecule has 19 heavy (non-hydrogen) atoms. The molecule has 1 aliphatic rings. The largest absolute Gasteiger partial charge is 0.469 e. The van der Waals surface area contributed by atoms with Crippen LogP contribution in [0, 0.1) is 12.8 Å². The number of H-pyrrole nitrogens is 1. The van der Waals surface area contributed by atoms with Gasteiger partial charge in [-0.25, -0.2) is 0 Å². The molecule has 0 radical (unpaired) electrons. The van der Waals surface area contributed by atoms with Crippen molar-refractivity contribution in [1.82, 2.24) is 4.98 Å². The minimum Gasteiger partial charge on any atom is -0.469 e. The van der Waals surface area contributed by atoms with Crippen molar-refractivity contribution in [2.75, 3.05) is 7.11 Å². The normalized spacial score (nSPS) is 18.4. The molecular weight excluding hydrogens is 242 g/mol. The smallest absolute Gasteiger partial charge is 0.309 e. The molecule has 0 aliphatic heterocycles. The second-order valence-corrected chi connectivity index (χ2v) is 5.08. The zero-order chi connectivity index (χ0) is 13.6. The number of aromatic amines is 1. The van der Waals surface area contributed by atoms with E-state index in [4.69, 9.17) is 4.74 Å². The Morgan fingerprint density at radius 2 is 2.16 bits per heavy atom. The van der Waals surface area contributed by atoms with Crippen molar-refractivity contribution in [2.45, 2.75) is 19.8 Å². The number of ketones is 1. The molecule has 4 heteroatoms. The van der Waals surface area contributed by atoms with Gasteiger partial charge in [0.2, 0.25) is 0 Å². The lowest BCUT2D eigenvalue weighted by molar-refractivity contribution is -0.145. The van der Waals surface area contributed by atoms with Gasteiger partial charge in [-0.2, -0.15) is 0 Å². The summed E-state index contributed by atoms with van der Waals surface area (Å²) >= 11 is 0. The third kappa shape index (κ3) is 1.84. The van der Waals surface area contributed by atoms with Crippen LogP contribution in [0.5, 0.6) is 0 Å². The lowest BCUT2D eigenvalue weighted by atomic mass is 9.86. The van der Waals surface area contributed by atoms with Gasteiger partial charge in [-0.05, 0) is 18.6 Å². The Balaban J connectivity index is 2.11. The zero-order valence-corrected chi connectivity index (χ0v) is 10.9. The molecule has 1 N–H and O–H groups in total. The Labute approximate surface area is 110 Å². The molecule has 0 saturated carbocycles. The van der Waals surface area contributed by atoms with Gasteiger partial charge in [-0.15, -0.1) is 0 Å². The lowest BCUT2D eigenvalue weighted by Crippen LogP contribution is -2.27. The fraction of sp³-hybridized carbons (Fsp3) is 0.333. The highest BCUT2D eigenvalue weighted by Crippen LogP contribution is 2.32. The molecule has 3 rings (SSSR count). The number of hydrogen-bond donors (Lipinski definition) is 1. The summed E-state index contributed by atoms with van der Waals surface area (Å²) in [6.45, 7) is 2.01. The zero-order valence-electron chi connectivity index (χ0n) is 10.9. The van der Waals surface area contributed by atoms with E-state index in [0.29, 0.717) is 6.42 Å². The first-order valence-electron chi connectivity index (χ1n) is 6.32. The van der Waals surface area contributed by atoms with Gasteiger partial charge in [0.1, 0.15) is 0 Å². The van der Waals surface area contributed by atoms with Crippen LogP contribution in [0.1, 0.15) is 28.0 Å². The van der Waals surface area contributed by atoms with E-state index in [9.17, 15) is 9.59 Å². The van der Waals surface area contributed by atoms with E-state index in [2.05, 4.69) is 4.98 Å². The minimum absolute atomic E-state index is 0.0201. The van der Waals surface area contributed by atoms with Gasteiger partial charge < -0.3 is 9.72 Å². The molecule has 1 atom stereocenters. The van der Waals surface area contributed by atoms with Crippen LogP contribution in [0.3, 0.4) is 0 Å². The standard InChI is InChI=1S/C15H15NO3/c1-8-3-4-10-11(5-8)16-12-6-9(15(18)19-2)7-13(17)14(10)12/h3-5,9,16H,6-7H2,1-2H3. The van der Waals surface area contributed by atoms with E-state index in [-0.39, 0.29) is 24.1 Å². The highest BCUT2D eigenvalue weighted by Gasteiger charge is 2.33. The molecule has 0 bridgehead atoms. The van der Waals surface area contributed by atoms with Crippen LogP contribution in [0.25, 0.3) is 10.9 Å². The molecule has 4 nitrogen and oxygen atoms in total. The second kappa shape index (κ2) is 4.23. The SMILES string of the molecule is COC(=O)C1CC(=O)c2c([nH]c3cc(C)ccc23)C1. The van der Waals surface area contributed by atoms with Crippen molar-refractivity contribution in [1.29, 1.82) is 0 Å². The van der Waals surface area contributed by atoms with Crippen molar-refractivity contribution in [3.05, 3.63) is 35.0 Å². The Morgan fingerprint density at radius 3 is 2.89 bits per heavy atom. The van der Waals surface area contributed by atoms with E-state index in [0.717, 1.165) is 27.7 Å². The molecule has 2 aromatic rings. The van der Waals surface area contributed by atoms with E-state index < -0.39 is 0 Å². The first-order valence-corrected chi connectivity index (χ1v) is 6.32. The molecular formula is C15H15NO3. The number of hydrogen-bond acceptors (Lipinski definition) is 3. The summed E-state index contributed by atoms with van der Waals surface area (Å²) in [5, 5.41) is 0.953. The first-order chi connectivity index (χ1) is 9.10. The van der Waals surface area contributed by atoms with Crippen molar-refractivity contribution in [3.63, 3.8) is 0 Å². The Kier molecular flexibility index (Phi) is 2.66. The number of fused-ring (bicyclic) bond motifs is 3. The number of benzene rings is 1. The summed E-state index contributed by atoms with van der Waals surface area (Å²) in [6.07, 6.45) is 0.780. The fourth-order valence-corrected chi connectivity index (χ4v) is 2.82.